The molecular formula is C16H21BrO3S. The second kappa shape index (κ2) is 6.49. The monoisotopic (exact) mass is 372 g/mol. The molecule has 3 rings (SSSR count). The molecule has 1 spiro atoms. The minimum Gasteiger partial charge on any atom is -0.490 e. The Morgan fingerprint density at radius 1 is 1.52 bits per heavy atom. The van der Waals surface area contributed by atoms with Gasteiger partial charge < -0.3 is 14.6 Å². The molecule has 1 aromatic carbocycles. The zero-order valence-corrected chi connectivity index (χ0v) is 14.6. The van der Waals surface area contributed by atoms with Gasteiger partial charge in [-0.1, -0.05) is 15.9 Å². The van der Waals surface area contributed by atoms with E-state index >= 15 is 0 Å². The van der Waals surface area contributed by atoms with Gasteiger partial charge in [0.05, 0.1) is 18.3 Å². The van der Waals surface area contributed by atoms with Crippen LogP contribution >= 0.6 is 27.7 Å². The van der Waals surface area contributed by atoms with Gasteiger partial charge in [0.25, 0.3) is 0 Å². The summed E-state index contributed by atoms with van der Waals surface area (Å²) in [6.07, 6.45) is 2.64. The average molecular weight is 373 g/mol. The van der Waals surface area contributed by atoms with E-state index in [2.05, 4.69) is 15.9 Å². The Morgan fingerprint density at radius 3 is 3.10 bits per heavy atom. The van der Waals surface area contributed by atoms with E-state index in [1.54, 1.807) is 6.92 Å². The van der Waals surface area contributed by atoms with E-state index in [1.807, 2.05) is 30.0 Å². The van der Waals surface area contributed by atoms with Crippen molar-refractivity contribution in [2.75, 3.05) is 18.1 Å². The topological polar surface area (TPSA) is 38.7 Å². The highest BCUT2D eigenvalue weighted by Crippen LogP contribution is 2.40. The van der Waals surface area contributed by atoms with Crippen LogP contribution in [0.15, 0.2) is 22.7 Å². The summed E-state index contributed by atoms with van der Waals surface area (Å²) in [5, 5.41) is 9.93. The first-order valence-electron chi connectivity index (χ1n) is 7.44. The third kappa shape index (κ3) is 3.58. The van der Waals surface area contributed by atoms with Crippen molar-refractivity contribution in [3.63, 3.8) is 0 Å². The lowest BCUT2D eigenvalue weighted by Crippen LogP contribution is -2.43. The highest BCUT2D eigenvalue weighted by Gasteiger charge is 2.41. The van der Waals surface area contributed by atoms with Gasteiger partial charge in [-0.25, -0.2) is 0 Å². The Bertz CT molecular complexity index is 500. The first-order valence-corrected chi connectivity index (χ1v) is 9.39. The fourth-order valence-corrected chi connectivity index (χ4v) is 4.84. The van der Waals surface area contributed by atoms with Gasteiger partial charge in [-0.05, 0) is 37.3 Å². The quantitative estimate of drug-likeness (QED) is 0.871. The summed E-state index contributed by atoms with van der Waals surface area (Å²) in [5.74, 6) is 3.06. The van der Waals surface area contributed by atoms with Gasteiger partial charge in [0, 0.05) is 28.6 Å². The highest BCUT2D eigenvalue weighted by atomic mass is 79.9. The summed E-state index contributed by atoms with van der Waals surface area (Å²) in [6, 6.07) is 5.83. The zero-order valence-electron chi connectivity index (χ0n) is 12.2. The first kappa shape index (κ1) is 15.7. The molecule has 21 heavy (non-hydrogen) atoms. The Balaban J connectivity index is 1.74. The molecule has 1 aromatic rings. The Kier molecular flexibility index (Phi) is 4.84. The van der Waals surface area contributed by atoms with Crippen molar-refractivity contribution in [2.24, 2.45) is 0 Å². The van der Waals surface area contributed by atoms with Crippen molar-refractivity contribution in [3.8, 4) is 5.75 Å². The van der Waals surface area contributed by atoms with Crippen LogP contribution in [0.5, 0.6) is 5.75 Å². The van der Waals surface area contributed by atoms with Crippen LogP contribution in [0.1, 0.15) is 37.9 Å². The molecular weight excluding hydrogens is 352 g/mol. The maximum atomic E-state index is 9.93. The number of rotatable bonds is 3. The van der Waals surface area contributed by atoms with Crippen LogP contribution in [0.4, 0.5) is 0 Å². The van der Waals surface area contributed by atoms with E-state index in [4.69, 9.17) is 9.47 Å². The normalized spacial score (nSPS) is 30.5. The minimum absolute atomic E-state index is 0.0218. The predicted molar refractivity (Wildman–Crippen MR) is 89.1 cm³/mol. The predicted octanol–water partition coefficient (Wildman–Crippen LogP) is 3.94. The summed E-state index contributed by atoms with van der Waals surface area (Å²) in [6.45, 7) is 2.54. The standard InChI is InChI=1S/C16H21BrO3S/c1-11(18)14-8-12(17)2-3-15(14)20-13-4-6-19-16(9-13)5-7-21-10-16/h2-3,8,11,13,18H,4-7,9-10H2,1H3. The molecule has 0 bridgehead atoms. The van der Waals surface area contributed by atoms with Crippen LogP contribution in [-0.4, -0.2) is 34.9 Å². The molecule has 3 nitrogen and oxygen atoms in total. The summed E-state index contributed by atoms with van der Waals surface area (Å²) in [7, 11) is 0. The van der Waals surface area contributed by atoms with Crippen molar-refractivity contribution < 1.29 is 14.6 Å². The van der Waals surface area contributed by atoms with Crippen molar-refractivity contribution in [2.45, 2.75) is 44.0 Å². The molecule has 0 amide bonds. The van der Waals surface area contributed by atoms with Gasteiger partial charge >= 0.3 is 0 Å². The van der Waals surface area contributed by atoms with E-state index in [0.717, 1.165) is 47.4 Å². The molecule has 3 unspecified atom stereocenters. The number of hydrogen-bond donors (Lipinski definition) is 1. The summed E-state index contributed by atoms with van der Waals surface area (Å²) < 4.78 is 13.2. The van der Waals surface area contributed by atoms with Crippen molar-refractivity contribution in [1.29, 1.82) is 0 Å². The average Bonchev–Trinajstić information content (AvgIpc) is 2.88. The molecule has 1 N–H and O–H groups in total. The largest absolute Gasteiger partial charge is 0.490 e. The minimum atomic E-state index is -0.534. The third-order valence-corrected chi connectivity index (χ3v) is 5.95. The van der Waals surface area contributed by atoms with E-state index in [-0.39, 0.29) is 11.7 Å². The van der Waals surface area contributed by atoms with Crippen LogP contribution in [0.2, 0.25) is 0 Å². The smallest absolute Gasteiger partial charge is 0.125 e. The molecule has 2 heterocycles. The molecule has 2 saturated heterocycles. The van der Waals surface area contributed by atoms with E-state index in [9.17, 15) is 5.11 Å². The van der Waals surface area contributed by atoms with Crippen LogP contribution in [0.3, 0.4) is 0 Å². The number of aliphatic hydroxyl groups excluding tert-OH is 1. The van der Waals surface area contributed by atoms with Gasteiger partial charge in [-0.3, -0.25) is 0 Å². The number of benzene rings is 1. The Morgan fingerprint density at radius 2 is 2.38 bits per heavy atom. The summed E-state index contributed by atoms with van der Waals surface area (Å²) in [5.41, 5.74) is 0.860. The zero-order chi connectivity index (χ0) is 14.9. The van der Waals surface area contributed by atoms with Crippen LogP contribution in [-0.2, 0) is 4.74 Å². The van der Waals surface area contributed by atoms with Gasteiger partial charge in [-0.15, -0.1) is 0 Å². The van der Waals surface area contributed by atoms with E-state index in [0.29, 0.717) is 0 Å². The fourth-order valence-electron chi connectivity index (χ4n) is 3.08. The van der Waals surface area contributed by atoms with Gasteiger partial charge in [0.2, 0.25) is 0 Å². The van der Waals surface area contributed by atoms with Crippen LogP contribution in [0.25, 0.3) is 0 Å². The van der Waals surface area contributed by atoms with E-state index in [1.165, 1.54) is 5.75 Å². The lowest BCUT2D eigenvalue weighted by atomic mass is 9.91. The molecule has 5 heteroatoms. The SMILES string of the molecule is CC(O)c1cc(Br)ccc1OC1CCOC2(CCSC2)C1. The molecule has 116 valence electrons. The molecule has 0 aliphatic carbocycles. The Hall–Kier alpha value is -0.230. The van der Waals surface area contributed by atoms with Crippen molar-refractivity contribution in [3.05, 3.63) is 28.2 Å². The Labute approximate surface area is 138 Å². The fraction of sp³-hybridized carbons (Fsp3) is 0.625. The van der Waals surface area contributed by atoms with Crippen molar-refractivity contribution in [1.82, 2.24) is 0 Å². The lowest BCUT2D eigenvalue weighted by molar-refractivity contribution is -0.0961. The second-order valence-electron chi connectivity index (χ2n) is 5.92. The number of ether oxygens (including phenoxy) is 2. The molecule has 0 aromatic heterocycles. The number of halogens is 1. The molecule has 3 atom stereocenters. The second-order valence-corrected chi connectivity index (χ2v) is 7.95. The van der Waals surface area contributed by atoms with Crippen LogP contribution in [0, 0.1) is 0 Å². The maximum Gasteiger partial charge on any atom is 0.125 e. The maximum absolute atomic E-state index is 9.93. The first-order chi connectivity index (χ1) is 10.1. The van der Waals surface area contributed by atoms with Crippen molar-refractivity contribution >= 4 is 27.7 Å². The number of aliphatic hydroxyl groups is 1. The van der Waals surface area contributed by atoms with Gasteiger partial charge in [0.15, 0.2) is 0 Å². The molecule has 2 aliphatic rings. The highest BCUT2D eigenvalue weighted by molar-refractivity contribution is 9.10. The van der Waals surface area contributed by atoms with Gasteiger partial charge in [0.1, 0.15) is 11.9 Å². The number of thioether (sulfide) groups is 1. The number of hydrogen-bond acceptors (Lipinski definition) is 4. The molecule has 2 fully saturated rings. The molecule has 0 radical (unpaired) electrons. The molecule has 2 aliphatic heterocycles. The molecule has 0 saturated carbocycles. The van der Waals surface area contributed by atoms with Crippen LogP contribution < -0.4 is 4.74 Å². The third-order valence-electron chi connectivity index (χ3n) is 4.23. The lowest BCUT2D eigenvalue weighted by Gasteiger charge is -2.38. The summed E-state index contributed by atoms with van der Waals surface area (Å²) >= 11 is 5.42. The summed E-state index contributed by atoms with van der Waals surface area (Å²) in [4.78, 5) is 0. The van der Waals surface area contributed by atoms with Gasteiger partial charge in [-0.2, -0.15) is 11.8 Å². The van der Waals surface area contributed by atoms with E-state index < -0.39 is 6.10 Å².